The lowest BCUT2D eigenvalue weighted by molar-refractivity contribution is 0.0950. The van der Waals surface area contributed by atoms with Crippen LogP contribution >= 0.6 is 11.3 Å². The standard InChI is InChI=1S/C8H8N4O2S/c1-10-7(13)6-11-8(14-12-6)4-2-3-5(9)15-4/h2-3H,9H2,1H3,(H,10,13). The molecule has 0 bridgehead atoms. The molecule has 7 heteroatoms. The van der Waals surface area contributed by atoms with E-state index in [0.29, 0.717) is 10.9 Å². The number of hydrogen-bond acceptors (Lipinski definition) is 6. The summed E-state index contributed by atoms with van der Waals surface area (Å²) in [7, 11) is 1.50. The van der Waals surface area contributed by atoms with Crippen LogP contribution in [0.2, 0.25) is 0 Å². The molecule has 1 amide bonds. The van der Waals surface area contributed by atoms with Crippen LogP contribution in [0.25, 0.3) is 10.8 Å². The summed E-state index contributed by atoms with van der Waals surface area (Å²) in [5.74, 6) is -0.0655. The third-order valence-corrected chi connectivity index (χ3v) is 2.60. The van der Waals surface area contributed by atoms with E-state index in [9.17, 15) is 4.79 Å². The Morgan fingerprint density at radius 1 is 1.60 bits per heavy atom. The highest BCUT2D eigenvalue weighted by Crippen LogP contribution is 2.27. The van der Waals surface area contributed by atoms with E-state index in [1.165, 1.54) is 18.4 Å². The van der Waals surface area contributed by atoms with Crippen LogP contribution in [-0.2, 0) is 0 Å². The average molecular weight is 224 g/mol. The summed E-state index contributed by atoms with van der Waals surface area (Å²) in [5, 5.41) is 6.60. The van der Waals surface area contributed by atoms with Crippen LogP contribution in [0.3, 0.4) is 0 Å². The molecule has 0 aliphatic rings. The molecule has 0 atom stereocenters. The maximum atomic E-state index is 11.1. The molecule has 6 nitrogen and oxygen atoms in total. The zero-order valence-corrected chi connectivity index (χ0v) is 8.67. The van der Waals surface area contributed by atoms with Gasteiger partial charge >= 0.3 is 0 Å². The lowest BCUT2D eigenvalue weighted by Gasteiger charge is -1.87. The Morgan fingerprint density at radius 2 is 2.40 bits per heavy atom. The van der Waals surface area contributed by atoms with Gasteiger partial charge in [0.25, 0.3) is 17.6 Å². The van der Waals surface area contributed by atoms with E-state index in [0.717, 1.165) is 4.88 Å². The zero-order chi connectivity index (χ0) is 10.8. The molecule has 2 heterocycles. The van der Waals surface area contributed by atoms with Crippen molar-refractivity contribution in [2.75, 3.05) is 12.8 Å². The highest BCUT2D eigenvalue weighted by molar-refractivity contribution is 7.19. The van der Waals surface area contributed by atoms with Gasteiger partial charge in [-0.05, 0) is 12.1 Å². The minimum absolute atomic E-state index is 0.0134. The number of hydrogen-bond donors (Lipinski definition) is 2. The van der Waals surface area contributed by atoms with Gasteiger partial charge in [0.1, 0.15) is 0 Å². The molecular formula is C8H8N4O2S. The van der Waals surface area contributed by atoms with E-state index < -0.39 is 0 Å². The second-order valence-corrected chi connectivity index (χ2v) is 3.82. The Bertz CT molecular complexity index is 490. The van der Waals surface area contributed by atoms with Crippen LogP contribution in [-0.4, -0.2) is 23.1 Å². The van der Waals surface area contributed by atoms with Crippen LogP contribution in [0.15, 0.2) is 16.7 Å². The van der Waals surface area contributed by atoms with Crippen LogP contribution < -0.4 is 11.1 Å². The maximum absolute atomic E-state index is 11.1. The quantitative estimate of drug-likeness (QED) is 0.784. The Morgan fingerprint density at radius 3 is 3.00 bits per heavy atom. The molecule has 0 spiro atoms. The molecule has 0 radical (unpaired) electrons. The minimum atomic E-state index is -0.380. The molecule has 0 unspecified atom stereocenters. The van der Waals surface area contributed by atoms with Gasteiger partial charge in [-0.1, -0.05) is 5.16 Å². The van der Waals surface area contributed by atoms with E-state index in [1.54, 1.807) is 12.1 Å². The normalized spacial score (nSPS) is 10.2. The monoisotopic (exact) mass is 224 g/mol. The van der Waals surface area contributed by atoms with Gasteiger partial charge in [0, 0.05) is 7.05 Å². The molecule has 0 saturated carbocycles. The van der Waals surface area contributed by atoms with Crippen molar-refractivity contribution in [2.24, 2.45) is 0 Å². The van der Waals surface area contributed by atoms with E-state index in [1.807, 2.05) is 0 Å². The third-order valence-electron chi connectivity index (χ3n) is 1.69. The number of amides is 1. The van der Waals surface area contributed by atoms with E-state index in [2.05, 4.69) is 15.5 Å². The summed E-state index contributed by atoms with van der Waals surface area (Å²) in [6.45, 7) is 0. The first-order chi connectivity index (χ1) is 7.20. The average Bonchev–Trinajstić information content (AvgIpc) is 2.84. The SMILES string of the molecule is CNC(=O)c1noc(-c2ccc(N)s2)n1. The summed E-state index contributed by atoms with van der Waals surface area (Å²) >= 11 is 1.32. The molecule has 3 N–H and O–H groups in total. The van der Waals surface area contributed by atoms with Crippen LogP contribution in [0.1, 0.15) is 10.6 Å². The van der Waals surface area contributed by atoms with E-state index >= 15 is 0 Å². The van der Waals surface area contributed by atoms with Gasteiger partial charge in [-0.2, -0.15) is 4.98 Å². The van der Waals surface area contributed by atoms with Crippen LogP contribution in [0.4, 0.5) is 5.00 Å². The minimum Gasteiger partial charge on any atom is -0.391 e. The van der Waals surface area contributed by atoms with Gasteiger partial charge < -0.3 is 15.6 Å². The molecule has 0 aliphatic heterocycles. The van der Waals surface area contributed by atoms with Crippen molar-refractivity contribution in [1.82, 2.24) is 15.5 Å². The molecule has 0 aliphatic carbocycles. The van der Waals surface area contributed by atoms with Gasteiger partial charge in [0.05, 0.1) is 9.88 Å². The number of thiophene rings is 1. The molecule has 2 aromatic rings. The lowest BCUT2D eigenvalue weighted by atomic mass is 10.4. The molecule has 2 aromatic heterocycles. The maximum Gasteiger partial charge on any atom is 0.292 e. The summed E-state index contributed by atoms with van der Waals surface area (Å²) in [5.41, 5.74) is 5.56. The summed E-state index contributed by atoms with van der Waals surface area (Å²) in [6, 6.07) is 3.50. The van der Waals surface area contributed by atoms with Crippen molar-refractivity contribution in [3.63, 3.8) is 0 Å². The number of rotatable bonds is 2. The van der Waals surface area contributed by atoms with Crippen molar-refractivity contribution >= 4 is 22.2 Å². The molecule has 15 heavy (non-hydrogen) atoms. The highest BCUT2D eigenvalue weighted by Gasteiger charge is 2.15. The zero-order valence-electron chi connectivity index (χ0n) is 7.85. The second kappa shape index (κ2) is 3.70. The Labute approximate surface area is 89.1 Å². The molecule has 78 valence electrons. The summed E-state index contributed by atoms with van der Waals surface area (Å²) in [4.78, 5) is 15.8. The second-order valence-electron chi connectivity index (χ2n) is 2.70. The number of carbonyl (C=O) groups excluding carboxylic acids is 1. The summed E-state index contributed by atoms with van der Waals surface area (Å²) in [6.07, 6.45) is 0. The number of anilines is 1. The summed E-state index contributed by atoms with van der Waals surface area (Å²) < 4.78 is 4.92. The van der Waals surface area contributed by atoms with Gasteiger partial charge in [-0.25, -0.2) is 0 Å². The van der Waals surface area contributed by atoms with Crippen molar-refractivity contribution in [1.29, 1.82) is 0 Å². The Hall–Kier alpha value is -1.89. The van der Waals surface area contributed by atoms with E-state index in [4.69, 9.17) is 10.3 Å². The van der Waals surface area contributed by atoms with Gasteiger partial charge in [0.2, 0.25) is 0 Å². The molecule has 0 fully saturated rings. The van der Waals surface area contributed by atoms with Gasteiger partial charge in [0.15, 0.2) is 0 Å². The smallest absolute Gasteiger partial charge is 0.292 e. The first-order valence-electron chi connectivity index (χ1n) is 4.12. The predicted molar refractivity (Wildman–Crippen MR) is 55.4 cm³/mol. The Kier molecular flexibility index (Phi) is 2.38. The number of aromatic nitrogens is 2. The Balaban J connectivity index is 2.31. The molecule has 0 aromatic carbocycles. The molecule has 0 saturated heterocycles. The lowest BCUT2D eigenvalue weighted by Crippen LogP contribution is -2.19. The highest BCUT2D eigenvalue weighted by atomic mass is 32.1. The fourth-order valence-corrected chi connectivity index (χ4v) is 1.69. The fraction of sp³-hybridized carbons (Fsp3) is 0.125. The van der Waals surface area contributed by atoms with Crippen molar-refractivity contribution in [3.8, 4) is 10.8 Å². The van der Waals surface area contributed by atoms with Crippen molar-refractivity contribution < 1.29 is 9.32 Å². The van der Waals surface area contributed by atoms with E-state index in [-0.39, 0.29) is 11.7 Å². The largest absolute Gasteiger partial charge is 0.391 e. The number of nitrogen functional groups attached to an aromatic ring is 1. The number of carbonyl (C=O) groups is 1. The van der Waals surface area contributed by atoms with Gasteiger partial charge in [-0.3, -0.25) is 4.79 Å². The topological polar surface area (TPSA) is 94.0 Å². The fourth-order valence-electron chi connectivity index (χ4n) is 0.995. The first-order valence-corrected chi connectivity index (χ1v) is 4.94. The molecular weight excluding hydrogens is 216 g/mol. The van der Waals surface area contributed by atoms with Crippen LogP contribution in [0.5, 0.6) is 0 Å². The van der Waals surface area contributed by atoms with Crippen molar-refractivity contribution in [2.45, 2.75) is 0 Å². The number of nitrogens with one attached hydrogen (secondary N) is 1. The molecule has 2 rings (SSSR count). The number of nitrogens with zero attached hydrogens (tertiary/aromatic N) is 2. The third kappa shape index (κ3) is 1.82. The number of nitrogens with two attached hydrogens (primary N) is 1. The van der Waals surface area contributed by atoms with Crippen molar-refractivity contribution in [3.05, 3.63) is 18.0 Å². The van der Waals surface area contributed by atoms with Crippen LogP contribution in [0, 0.1) is 0 Å². The van der Waals surface area contributed by atoms with Gasteiger partial charge in [-0.15, -0.1) is 11.3 Å². The predicted octanol–water partition coefficient (Wildman–Crippen LogP) is 0.740. The first kappa shape index (κ1) is 9.66.